The highest BCUT2D eigenvalue weighted by Crippen LogP contribution is 2.22. The third-order valence-electron chi connectivity index (χ3n) is 1.92. The van der Waals surface area contributed by atoms with Gasteiger partial charge in [-0.25, -0.2) is 4.39 Å². The Labute approximate surface area is 86.9 Å². The Balaban J connectivity index is 3.08. The first-order chi connectivity index (χ1) is 7.04. The number of halogens is 1. The molecule has 0 spiro atoms. The molecule has 0 aromatic heterocycles. The van der Waals surface area contributed by atoms with Crippen molar-refractivity contribution in [3.8, 4) is 0 Å². The second kappa shape index (κ2) is 4.86. The van der Waals surface area contributed by atoms with Gasteiger partial charge in [0.05, 0.1) is 12.6 Å². The fraction of sp³-hybridized carbons (Fsp3) is 0.300. The van der Waals surface area contributed by atoms with Crippen molar-refractivity contribution in [2.45, 2.75) is 13.0 Å². The number of nitrogens with two attached hydrogens (primary N) is 1. The normalized spacial score (nSPS) is 12.3. The van der Waals surface area contributed by atoms with Gasteiger partial charge in [0.15, 0.2) is 0 Å². The molecule has 82 valence electrons. The maximum Gasteiger partial charge on any atom is 0.221 e. The molecule has 0 aliphatic rings. The molecule has 0 saturated carbocycles. The van der Waals surface area contributed by atoms with E-state index in [9.17, 15) is 9.18 Å². The van der Waals surface area contributed by atoms with Crippen molar-refractivity contribution in [1.82, 2.24) is 0 Å². The number of amides is 1. The van der Waals surface area contributed by atoms with Crippen LogP contribution in [0.1, 0.15) is 18.5 Å². The number of carbonyl (C=O) groups is 1. The van der Waals surface area contributed by atoms with Crippen molar-refractivity contribution >= 4 is 11.6 Å². The van der Waals surface area contributed by atoms with E-state index in [1.807, 2.05) is 0 Å². The number of aliphatic hydroxyl groups is 1. The number of rotatable bonds is 3. The van der Waals surface area contributed by atoms with Crippen molar-refractivity contribution in [1.29, 1.82) is 0 Å². The standard InChI is InChI=1S/C10H13FN2O2/c1-6(15)13-10-3-2-7(11)4-8(10)9(12)5-14/h2-4,9,14H,5,12H2,1H3,(H,13,15)/t9-/m1/s1. The number of hydrogen-bond donors (Lipinski definition) is 3. The highest BCUT2D eigenvalue weighted by molar-refractivity contribution is 5.89. The lowest BCUT2D eigenvalue weighted by Gasteiger charge is -2.14. The molecule has 0 aliphatic heterocycles. The predicted molar refractivity (Wildman–Crippen MR) is 54.7 cm³/mol. The van der Waals surface area contributed by atoms with Crippen molar-refractivity contribution in [2.75, 3.05) is 11.9 Å². The van der Waals surface area contributed by atoms with Crippen LogP contribution >= 0.6 is 0 Å². The van der Waals surface area contributed by atoms with Gasteiger partial charge in [0.1, 0.15) is 5.82 Å². The molecule has 1 amide bonds. The average Bonchev–Trinajstić information content (AvgIpc) is 2.19. The number of anilines is 1. The zero-order valence-electron chi connectivity index (χ0n) is 8.33. The van der Waals surface area contributed by atoms with E-state index >= 15 is 0 Å². The van der Waals surface area contributed by atoms with Crippen LogP contribution in [-0.4, -0.2) is 17.6 Å². The molecular weight excluding hydrogens is 199 g/mol. The summed E-state index contributed by atoms with van der Waals surface area (Å²) in [5.74, 6) is -0.726. The molecule has 1 atom stereocenters. The van der Waals surface area contributed by atoms with Gasteiger partial charge in [0.2, 0.25) is 5.91 Å². The van der Waals surface area contributed by atoms with Crippen LogP contribution in [-0.2, 0) is 4.79 Å². The molecule has 1 rings (SSSR count). The van der Waals surface area contributed by atoms with E-state index in [1.54, 1.807) is 0 Å². The van der Waals surface area contributed by atoms with Crippen LogP contribution in [0.2, 0.25) is 0 Å². The molecule has 15 heavy (non-hydrogen) atoms. The monoisotopic (exact) mass is 212 g/mol. The molecule has 5 heteroatoms. The molecule has 0 saturated heterocycles. The van der Waals surface area contributed by atoms with Crippen molar-refractivity contribution in [2.24, 2.45) is 5.73 Å². The van der Waals surface area contributed by atoms with Crippen LogP contribution in [0, 0.1) is 5.82 Å². The topological polar surface area (TPSA) is 75.4 Å². The Morgan fingerprint density at radius 2 is 2.33 bits per heavy atom. The first-order valence-electron chi connectivity index (χ1n) is 4.48. The van der Waals surface area contributed by atoms with Crippen LogP contribution in [0.25, 0.3) is 0 Å². The summed E-state index contributed by atoms with van der Waals surface area (Å²) in [6.07, 6.45) is 0. The molecule has 1 aromatic carbocycles. The number of aliphatic hydroxyl groups excluding tert-OH is 1. The lowest BCUT2D eigenvalue weighted by molar-refractivity contribution is -0.114. The maximum atomic E-state index is 12.9. The van der Waals surface area contributed by atoms with Gasteiger partial charge < -0.3 is 16.2 Å². The Bertz CT molecular complexity index is 368. The number of nitrogens with one attached hydrogen (secondary N) is 1. The summed E-state index contributed by atoms with van der Waals surface area (Å²) in [7, 11) is 0. The molecule has 4 N–H and O–H groups in total. The Kier molecular flexibility index (Phi) is 3.76. The highest BCUT2D eigenvalue weighted by Gasteiger charge is 2.12. The molecule has 1 aromatic rings. The SMILES string of the molecule is CC(=O)Nc1ccc(F)cc1[C@H](N)CO. The molecule has 0 radical (unpaired) electrons. The molecular formula is C10H13FN2O2. The third-order valence-corrected chi connectivity index (χ3v) is 1.92. The fourth-order valence-corrected chi connectivity index (χ4v) is 1.24. The summed E-state index contributed by atoms with van der Waals surface area (Å²) in [5, 5.41) is 11.4. The average molecular weight is 212 g/mol. The van der Waals surface area contributed by atoms with E-state index in [0.29, 0.717) is 11.3 Å². The molecule has 0 fully saturated rings. The molecule has 0 unspecified atom stereocenters. The third kappa shape index (κ3) is 3.00. The van der Waals surface area contributed by atoms with Crippen LogP contribution in [0.15, 0.2) is 18.2 Å². The summed E-state index contributed by atoms with van der Waals surface area (Å²) >= 11 is 0. The fourth-order valence-electron chi connectivity index (χ4n) is 1.24. The summed E-state index contributed by atoms with van der Waals surface area (Å²) < 4.78 is 12.9. The number of carbonyl (C=O) groups excluding carboxylic acids is 1. The smallest absolute Gasteiger partial charge is 0.221 e. The van der Waals surface area contributed by atoms with Gasteiger partial charge >= 0.3 is 0 Å². The van der Waals surface area contributed by atoms with Crippen molar-refractivity contribution in [3.63, 3.8) is 0 Å². The number of hydrogen-bond acceptors (Lipinski definition) is 3. The van der Waals surface area contributed by atoms with E-state index < -0.39 is 11.9 Å². The summed E-state index contributed by atoms with van der Waals surface area (Å²) in [4.78, 5) is 10.9. The van der Waals surface area contributed by atoms with Gasteiger partial charge in [0.25, 0.3) is 0 Å². The van der Waals surface area contributed by atoms with Crippen molar-refractivity contribution < 1.29 is 14.3 Å². The van der Waals surface area contributed by atoms with E-state index in [-0.39, 0.29) is 12.5 Å². The molecule has 4 nitrogen and oxygen atoms in total. The van der Waals surface area contributed by atoms with Gasteiger partial charge in [-0.15, -0.1) is 0 Å². The van der Waals surface area contributed by atoms with Crippen LogP contribution in [0.5, 0.6) is 0 Å². The quantitative estimate of drug-likeness (QED) is 0.693. The highest BCUT2D eigenvalue weighted by atomic mass is 19.1. The van der Waals surface area contributed by atoms with E-state index in [4.69, 9.17) is 10.8 Å². The maximum absolute atomic E-state index is 12.9. The Morgan fingerprint density at radius 3 is 2.87 bits per heavy atom. The van der Waals surface area contributed by atoms with Crippen LogP contribution in [0.3, 0.4) is 0 Å². The van der Waals surface area contributed by atoms with Gasteiger partial charge in [-0.2, -0.15) is 0 Å². The van der Waals surface area contributed by atoms with Crippen molar-refractivity contribution in [3.05, 3.63) is 29.6 Å². The minimum atomic E-state index is -0.706. The largest absolute Gasteiger partial charge is 0.394 e. The van der Waals surface area contributed by atoms with Gasteiger partial charge in [-0.3, -0.25) is 4.79 Å². The first kappa shape index (κ1) is 11.6. The van der Waals surface area contributed by atoms with E-state index in [1.165, 1.54) is 25.1 Å². The molecule has 0 heterocycles. The zero-order chi connectivity index (χ0) is 11.4. The van der Waals surface area contributed by atoms with Gasteiger partial charge in [-0.1, -0.05) is 0 Å². The van der Waals surface area contributed by atoms with E-state index in [2.05, 4.69) is 5.32 Å². The second-order valence-electron chi connectivity index (χ2n) is 3.20. The van der Waals surface area contributed by atoms with Gasteiger partial charge in [-0.05, 0) is 23.8 Å². The summed E-state index contributed by atoms with van der Waals surface area (Å²) in [5.41, 5.74) is 6.38. The first-order valence-corrected chi connectivity index (χ1v) is 4.48. The lowest BCUT2D eigenvalue weighted by Crippen LogP contribution is -2.18. The van der Waals surface area contributed by atoms with E-state index in [0.717, 1.165) is 0 Å². The minimum Gasteiger partial charge on any atom is -0.394 e. The van der Waals surface area contributed by atoms with Gasteiger partial charge in [0, 0.05) is 12.6 Å². The minimum absolute atomic E-state index is 0.270. The van der Waals surface area contributed by atoms with Crippen LogP contribution in [0.4, 0.5) is 10.1 Å². The summed E-state index contributed by atoms with van der Waals surface area (Å²) in [6, 6.07) is 3.13. The lowest BCUT2D eigenvalue weighted by atomic mass is 10.1. The predicted octanol–water partition coefficient (Wildman–Crippen LogP) is 0.776. The summed E-state index contributed by atoms with van der Waals surface area (Å²) in [6.45, 7) is 1.04. The zero-order valence-corrected chi connectivity index (χ0v) is 8.33. The molecule has 0 aliphatic carbocycles. The number of benzene rings is 1. The molecule has 0 bridgehead atoms. The second-order valence-corrected chi connectivity index (χ2v) is 3.20. The Hall–Kier alpha value is -1.46. The van der Waals surface area contributed by atoms with Crippen LogP contribution < -0.4 is 11.1 Å². The Morgan fingerprint density at radius 1 is 1.67 bits per heavy atom.